The van der Waals surface area contributed by atoms with Crippen molar-refractivity contribution < 1.29 is 0 Å². The number of rotatable bonds is 2. The fourth-order valence-corrected chi connectivity index (χ4v) is 2.36. The molecular weight excluding hydrogens is 212 g/mol. The van der Waals surface area contributed by atoms with E-state index in [-0.39, 0.29) is 0 Å². The normalized spacial score (nSPS) is 18.9. The van der Waals surface area contributed by atoms with E-state index in [2.05, 4.69) is 45.2 Å². The van der Waals surface area contributed by atoms with Gasteiger partial charge in [-0.15, -0.1) is 0 Å². The van der Waals surface area contributed by atoms with Gasteiger partial charge in [-0.05, 0) is 13.1 Å². The minimum atomic E-state index is 0.956. The van der Waals surface area contributed by atoms with Crippen molar-refractivity contribution in [3.8, 4) is 0 Å². The fraction of sp³-hybridized carbons (Fsp3) is 0.462. The van der Waals surface area contributed by atoms with Gasteiger partial charge in [0.2, 0.25) is 0 Å². The van der Waals surface area contributed by atoms with Gasteiger partial charge in [-0.1, -0.05) is 18.2 Å². The number of hydrogen-bond donors (Lipinski definition) is 1. The van der Waals surface area contributed by atoms with Crippen LogP contribution >= 0.6 is 0 Å². The molecule has 1 fully saturated rings. The summed E-state index contributed by atoms with van der Waals surface area (Å²) < 4.78 is 0. The van der Waals surface area contributed by atoms with Gasteiger partial charge in [0.25, 0.3) is 0 Å². The average molecular weight is 230 g/mol. The molecule has 1 aromatic heterocycles. The van der Waals surface area contributed by atoms with Gasteiger partial charge in [0.15, 0.2) is 0 Å². The summed E-state index contributed by atoms with van der Waals surface area (Å²) in [6, 6.07) is 8.34. The Labute approximate surface area is 101 Å². The number of hydrogen-bond acceptors (Lipinski definition) is 3. The lowest BCUT2D eigenvalue weighted by atomic mass is 10.2. The Hall–Kier alpha value is -1.39. The SMILES string of the molecule is CN1CCN(Cc2n[nH]c3ccccc23)CC1. The van der Waals surface area contributed by atoms with E-state index in [4.69, 9.17) is 0 Å². The van der Waals surface area contributed by atoms with Crippen molar-refractivity contribution in [2.75, 3.05) is 33.2 Å². The molecule has 1 N–H and O–H groups in total. The number of aromatic amines is 1. The van der Waals surface area contributed by atoms with E-state index in [0.717, 1.165) is 38.2 Å². The Bertz CT molecular complexity index is 497. The number of aromatic nitrogens is 2. The molecule has 1 aliphatic heterocycles. The van der Waals surface area contributed by atoms with Gasteiger partial charge in [0.05, 0.1) is 11.2 Å². The van der Waals surface area contributed by atoms with Crippen LogP contribution in [-0.2, 0) is 6.54 Å². The number of piperazine rings is 1. The van der Waals surface area contributed by atoms with Gasteiger partial charge >= 0.3 is 0 Å². The first-order chi connectivity index (χ1) is 8.33. The zero-order chi connectivity index (χ0) is 11.7. The molecule has 0 unspecified atom stereocenters. The Morgan fingerprint density at radius 3 is 2.76 bits per heavy atom. The van der Waals surface area contributed by atoms with Crippen LogP contribution in [0.5, 0.6) is 0 Å². The Morgan fingerprint density at radius 2 is 1.94 bits per heavy atom. The van der Waals surface area contributed by atoms with Gasteiger partial charge < -0.3 is 4.90 Å². The van der Waals surface area contributed by atoms with E-state index < -0.39 is 0 Å². The molecule has 1 saturated heterocycles. The van der Waals surface area contributed by atoms with Crippen molar-refractivity contribution in [2.45, 2.75) is 6.54 Å². The maximum absolute atomic E-state index is 4.43. The molecule has 1 aliphatic rings. The summed E-state index contributed by atoms with van der Waals surface area (Å²) in [5.74, 6) is 0. The molecule has 0 radical (unpaired) electrons. The van der Waals surface area contributed by atoms with E-state index in [9.17, 15) is 0 Å². The Morgan fingerprint density at radius 1 is 1.18 bits per heavy atom. The first-order valence-electron chi connectivity index (χ1n) is 6.16. The summed E-state index contributed by atoms with van der Waals surface area (Å²) in [4.78, 5) is 4.85. The lowest BCUT2D eigenvalue weighted by molar-refractivity contribution is 0.147. The second kappa shape index (κ2) is 4.47. The summed E-state index contributed by atoms with van der Waals surface area (Å²) >= 11 is 0. The third kappa shape index (κ3) is 2.18. The minimum Gasteiger partial charge on any atom is -0.304 e. The number of fused-ring (bicyclic) bond motifs is 1. The first-order valence-corrected chi connectivity index (χ1v) is 6.16. The summed E-state index contributed by atoms with van der Waals surface area (Å²) in [7, 11) is 2.18. The largest absolute Gasteiger partial charge is 0.304 e. The van der Waals surface area contributed by atoms with Crippen LogP contribution in [0.1, 0.15) is 5.69 Å². The predicted octanol–water partition coefficient (Wildman–Crippen LogP) is 1.31. The molecule has 0 atom stereocenters. The van der Waals surface area contributed by atoms with Gasteiger partial charge in [0.1, 0.15) is 0 Å². The first kappa shape index (κ1) is 10.7. The average Bonchev–Trinajstić information content (AvgIpc) is 2.76. The molecule has 2 aromatic rings. The van der Waals surface area contributed by atoms with Crippen molar-refractivity contribution in [2.24, 2.45) is 0 Å². The van der Waals surface area contributed by atoms with E-state index in [1.807, 2.05) is 6.07 Å². The number of nitrogens with zero attached hydrogens (tertiary/aromatic N) is 3. The van der Waals surface area contributed by atoms with Crippen LogP contribution in [-0.4, -0.2) is 53.2 Å². The van der Waals surface area contributed by atoms with E-state index >= 15 is 0 Å². The Kier molecular flexibility index (Phi) is 2.82. The summed E-state index contributed by atoms with van der Waals surface area (Å²) in [6.07, 6.45) is 0. The highest BCUT2D eigenvalue weighted by molar-refractivity contribution is 5.81. The minimum absolute atomic E-state index is 0.956. The topological polar surface area (TPSA) is 35.2 Å². The molecule has 3 rings (SSSR count). The molecule has 0 saturated carbocycles. The van der Waals surface area contributed by atoms with Crippen molar-refractivity contribution in [1.29, 1.82) is 0 Å². The third-order valence-corrected chi connectivity index (χ3v) is 3.52. The van der Waals surface area contributed by atoms with Crippen LogP contribution in [0.25, 0.3) is 10.9 Å². The molecule has 4 heteroatoms. The van der Waals surface area contributed by atoms with Crippen LogP contribution in [0.4, 0.5) is 0 Å². The number of H-pyrrole nitrogens is 1. The number of para-hydroxylation sites is 1. The van der Waals surface area contributed by atoms with Crippen molar-refractivity contribution in [3.63, 3.8) is 0 Å². The molecule has 0 amide bonds. The van der Waals surface area contributed by atoms with E-state index in [0.29, 0.717) is 0 Å². The second-order valence-electron chi connectivity index (χ2n) is 4.80. The maximum Gasteiger partial charge on any atom is 0.0840 e. The standard InChI is InChI=1S/C13H18N4/c1-16-6-8-17(9-7-16)10-13-11-4-2-3-5-12(11)14-15-13/h2-5H,6-10H2,1H3,(H,14,15). The van der Waals surface area contributed by atoms with Crippen LogP contribution in [0.3, 0.4) is 0 Å². The fourth-order valence-electron chi connectivity index (χ4n) is 2.36. The third-order valence-electron chi connectivity index (χ3n) is 3.52. The highest BCUT2D eigenvalue weighted by Gasteiger charge is 2.16. The molecule has 17 heavy (non-hydrogen) atoms. The number of likely N-dealkylation sites (N-methyl/N-ethyl adjacent to an activating group) is 1. The van der Waals surface area contributed by atoms with Crippen molar-refractivity contribution >= 4 is 10.9 Å². The molecule has 1 aromatic carbocycles. The highest BCUT2D eigenvalue weighted by atomic mass is 15.3. The molecule has 0 bridgehead atoms. The lowest BCUT2D eigenvalue weighted by Gasteiger charge is -2.31. The number of nitrogens with one attached hydrogen (secondary N) is 1. The zero-order valence-corrected chi connectivity index (χ0v) is 10.2. The monoisotopic (exact) mass is 230 g/mol. The van der Waals surface area contributed by atoms with Crippen molar-refractivity contribution in [1.82, 2.24) is 20.0 Å². The zero-order valence-electron chi connectivity index (χ0n) is 10.2. The van der Waals surface area contributed by atoms with Crippen LogP contribution < -0.4 is 0 Å². The van der Waals surface area contributed by atoms with Gasteiger partial charge in [0, 0.05) is 38.1 Å². The predicted molar refractivity (Wildman–Crippen MR) is 68.9 cm³/mol. The summed E-state index contributed by atoms with van der Waals surface area (Å²) in [6.45, 7) is 5.54. The van der Waals surface area contributed by atoms with Crippen LogP contribution in [0.2, 0.25) is 0 Å². The lowest BCUT2D eigenvalue weighted by Crippen LogP contribution is -2.43. The number of benzene rings is 1. The smallest absolute Gasteiger partial charge is 0.0840 e. The van der Waals surface area contributed by atoms with Crippen LogP contribution in [0, 0.1) is 0 Å². The maximum atomic E-state index is 4.43. The van der Waals surface area contributed by atoms with Gasteiger partial charge in [-0.3, -0.25) is 10.00 Å². The molecule has 0 spiro atoms. The van der Waals surface area contributed by atoms with Crippen LogP contribution in [0.15, 0.2) is 24.3 Å². The molecule has 4 nitrogen and oxygen atoms in total. The highest BCUT2D eigenvalue weighted by Crippen LogP contribution is 2.17. The molecular formula is C13H18N4. The molecule has 0 aliphatic carbocycles. The quantitative estimate of drug-likeness (QED) is 0.845. The second-order valence-corrected chi connectivity index (χ2v) is 4.80. The van der Waals surface area contributed by atoms with E-state index in [1.165, 1.54) is 11.1 Å². The molecule has 2 heterocycles. The summed E-state index contributed by atoms with van der Waals surface area (Å²) in [5.41, 5.74) is 2.31. The molecule has 90 valence electrons. The Balaban J connectivity index is 1.76. The van der Waals surface area contributed by atoms with Gasteiger partial charge in [-0.25, -0.2) is 0 Å². The summed E-state index contributed by atoms with van der Waals surface area (Å²) in [5, 5.41) is 8.78. The van der Waals surface area contributed by atoms with Crippen molar-refractivity contribution in [3.05, 3.63) is 30.0 Å². The van der Waals surface area contributed by atoms with Gasteiger partial charge in [-0.2, -0.15) is 5.10 Å². The van der Waals surface area contributed by atoms with E-state index in [1.54, 1.807) is 0 Å².